The first-order valence-electron chi connectivity index (χ1n) is 9.31. The fraction of sp³-hybridized carbons (Fsp3) is 0.737. The minimum absolute atomic E-state index is 0.0634. The lowest BCUT2D eigenvalue weighted by Crippen LogP contribution is -2.44. The number of hydrogen-bond acceptors (Lipinski definition) is 5. The molecule has 1 spiro atoms. The summed E-state index contributed by atoms with van der Waals surface area (Å²) in [6.07, 6.45) is 3.94. The zero-order chi connectivity index (χ0) is 18.0. The van der Waals surface area contributed by atoms with Gasteiger partial charge in [0.1, 0.15) is 0 Å². The van der Waals surface area contributed by atoms with E-state index in [0.717, 1.165) is 50.3 Å². The zero-order valence-corrected chi connectivity index (χ0v) is 16.7. The number of carbonyl (C=O) groups excluding carboxylic acids is 1. The molecule has 1 atom stereocenters. The van der Waals surface area contributed by atoms with E-state index in [0.29, 0.717) is 12.6 Å². The second-order valence-corrected chi connectivity index (χ2v) is 8.84. The Morgan fingerprint density at radius 2 is 2.16 bits per heavy atom. The monoisotopic (exact) mass is 365 g/mol. The largest absolute Gasteiger partial charge is 0.370 e. The lowest BCUT2D eigenvalue weighted by molar-refractivity contribution is -0.0942. The van der Waals surface area contributed by atoms with Crippen molar-refractivity contribution in [2.75, 3.05) is 47.4 Å². The quantitative estimate of drug-likeness (QED) is 0.870. The van der Waals surface area contributed by atoms with Gasteiger partial charge in [-0.05, 0) is 59.0 Å². The minimum atomic E-state index is -0.158. The molecule has 1 aromatic heterocycles. The number of thiophene rings is 1. The van der Waals surface area contributed by atoms with Crippen molar-refractivity contribution in [3.8, 4) is 0 Å². The molecule has 3 heterocycles. The molecule has 1 amide bonds. The molecule has 5 nitrogen and oxygen atoms in total. The summed E-state index contributed by atoms with van der Waals surface area (Å²) in [5.41, 5.74) is 1.12. The van der Waals surface area contributed by atoms with Crippen LogP contribution in [0.2, 0.25) is 0 Å². The summed E-state index contributed by atoms with van der Waals surface area (Å²) in [6, 6.07) is 2.57. The Hall–Kier alpha value is -0.950. The van der Waals surface area contributed by atoms with E-state index < -0.39 is 0 Å². The van der Waals surface area contributed by atoms with Crippen LogP contribution in [0.4, 0.5) is 0 Å². The highest BCUT2D eigenvalue weighted by atomic mass is 32.1. The zero-order valence-electron chi connectivity index (χ0n) is 15.9. The Bertz CT molecular complexity index is 606. The van der Waals surface area contributed by atoms with E-state index in [1.165, 1.54) is 10.4 Å². The molecule has 1 fully saturated rings. The van der Waals surface area contributed by atoms with E-state index >= 15 is 0 Å². The molecule has 3 rings (SSSR count). The van der Waals surface area contributed by atoms with Crippen molar-refractivity contribution in [1.82, 2.24) is 15.1 Å². The van der Waals surface area contributed by atoms with E-state index in [9.17, 15) is 4.79 Å². The number of piperidine rings is 1. The van der Waals surface area contributed by atoms with Gasteiger partial charge in [-0.3, -0.25) is 4.79 Å². The summed E-state index contributed by atoms with van der Waals surface area (Å²) in [5.74, 6) is 0.0634. The third kappa shape index (κ3) is 4.08. The fourth-order valence-corrected chi connectivity index (χ4v) is 4.81. The molecule has 2 aliphatic rings. The van der Waals surface area contributed by atoms with Gasteiger partial charge in [0.25, 0.3) is 5.91 Å². The first kappa shape index (κ1) is 18.8. The number of likely N-dealkylation sites (tertiary alicyclic amines) is 1. The topological polar surface area (TPSA) is 44.8 Å². The number of carbonyl (C=O) groups is 1. The highest BCUT2D eigenvalue weighted by Gasteiger charge is 2.41. The second kappa shape index (κ2) is 7.74. The summed E-state index contributed by atoms with van der Waals surface area (Å²) < 4.78 is 6.26. The van der Waals surface area contributed by atoms with Gasteiger partial charge in [0, 0.05) is 37.0 Å². The van der Waals surface area contributed by atoms with Crippen molar-refractivity contribution in [1.29, 1.82) is 0 Å². The van der Waals surface area contributed by atoms with Crippen LogP contribution in [0.5, 0.6) is 0 Å². The van der Waals surface area contributed by atoms with Gasteiger partial charge >= 0.3 is 0 Å². The molecule has 1 saturated heterocycles. The molecule has 1 unspecified atom stereocenters. The maximum atomic E-state index is 12.6. The van der Waals surface area contributed by atoms with E-state index in [2.05, 4.69) is 49.2 Å². The molecule has 0 saturated carbocycles. The summed E-state index contributed by atoms with van der Waals surface area (Å²) in [5, 5.41) is 3.09. The number of hydrogen-bond donors (Lipinski definition) is 1. The van der Waals surface area contributed by atoms with Crippen LogP contribution in [0.1, 0.15) is 46.3 Å². The van der Waals surface area contributed by atoms with E-state index in [1.807, 2.05) is 0 Å². The van der Waals surface area contributed by atoms with Gasteiger partial charge in [0.15, 0.2) is 0 Å². The SMILES string of the molecule is CC(CCNC(=O)c1cc2c(s1)CCOC21CCN(C)CC1)N(C)C. The van der Waals surface area contributed by atoms with Crippen LogP contribution >= 0.6 is 11.3 Å². The molecule has 2 aliphatic heterocycles. The van der Waals surface area contributed by atoms with Gasteiger partial charge in [-0.15, -0.1) is 11.3 Å². The first-order valence-corrected chi connectivity index (χ1v) is 10.1. The van der Waals surface area contributed by atoms with Crippen LogP contribution in [-0.4, -0.2) is 69.1 Å². The standard InChI is InChI=1S/C19H31N3O2S/c1-14(21(2)3)5-9-20-18(23)17-13-15-16(25-17)6-12-24-19(15)7-10-22(4)11-8-19/h13-14H,5-12H2,1-4H3,(H,20,23). The van der Waals surface area contributed by atoms with E-state index in [4.69, 9.17) is 4.74 Å². The van der Waals surface area contributed by atoms with Crippen LogP contribution in [0, 0.1) is 0 Å². The van der Waals surface area contributed by atoms with Crippen molar-refractivity contribution in [3.63, 3.8) is 0 Å². The van der Waals surface area contributed by atoms with Crippen LogP contribution < -0.4 is 5.32 Å². The first-order chi connectivity index (χ1) is 11.9. The maximum Gasteiger partial charge on any atom is 0.261 e. The van der Waals surface area contributed by atoms with Gasteiger partial charge in [-0.2, -0.15) is 0 Å². The molecule has 1 N–H and O–H groups in total. The number of fused-ring (bicyclic) bond motifs is 2. The molecule has 0 aromatic carbocycles. The molecule has 1 aromatic rings. The minimum Gasteiger partial charge on any atom is -0.370 e. The maximum absolute atomic E-state index is 12.6. The highest BCUT2D eigenvalue weighted by molar-refractivity contribution is 7.14. The Kier molecular flexibility index (Phi) is 5.83. The van der Waals surface area contributed by atoms with Crippen molar-refractivity contribution in [2.45, 2.75) is 44.2 Å². The van der Waals surface area contributed by atoms with Gasteiger partial charge in [0.05, 0.1) is 17.1 Å². The molecule has 140 valence electrons. The molecule has 6 heteroatoms. The number of ether oxygens (including phenoxy) is 1. The molecule has 25 heavy (non-hydrogen) atoms. The van der Waals surface area contributed by atoms with Crippen molar-refractivity contribution >= 4 is 17.2 Å². The summed E-state index contributed by atoms with van der Waals surface area (Å²) >= 11 is 1.66. The van der Waals surface area contributed by atoms with Crippen molar-refractivity contribution in [2.24, 2.45) is 0 Å². The normalized spacial score (nSPS) is 21.3. The lowest BCUT2D eigenvalue weighted by atomic mass is 9.82. The smallest absolute Gasteiger partial charge is 0.261 e. The third-order valence-electron chi connectivity index (χ3n) is 5.76. The molecular weight excluding hydrogens is 334 g/mol. The Labute approximate surface area is 155 Å². The molecule has 0 bridgehead atoms. The molecular formula is C19H31N3O2S. The number of nitrogens with one attached hydrogen (secondary N) is 1. The predicted molar refractivity (Wildman–Crippen MR) is 102 cm³/mol. The molecule has 0 aliphatic carbocycles. The summed E-state index contributed by atoms with van der Waals surface area (Å²) in [6.45, 7) is 5.78. The second-order valence-electron chi connectivity index (χ2n) is 7.70. The Morgan fingerprint density at radius 1 is 1.44 bits per heavy atom. The van der Waals surface area contributed by atoms with Gasteiger partial charge in [0.2, 0.25) is 0 Å². The Balaban J connectivity index is 1.67. The van der Waals surface area contributed by atoms with Gasteiger partial charge < -0.3 is 19.9 Å². The molecule has 0 radical (unpaired) electrons. The number of rotatable bonds is 5. The average molecular weight is 366 g/mol. The van der Waals surface area contributed by atoms with E-state index in [-0.39, 0.29) is 11.5 Å². The van der Waals surface area contributed by atoms with Crippen LogP contribution in [0.15, 0.2) is 6.07 Å². The van der Waals surface area contributed by atoms with Crippen molar-refractivity contribution < 1.29 is 9.53 Å². The number of amides is 1. The Morgan fingerprint density at radius 3 is 2.84 bits per heavy atom. The number of nitrogens with zero attached hydrogens (tertiary/aromatic N) is 2. The highest BCUT2D eigenvalue weighted by Crippen LogP contribution is 2.44. The van der Waals surface area contributed by atoms with E-state index in [1.54, 1.807) is 11.3 Å². The lowest BCUT2D eigenvalue weighted by Gasteiger charge is -2.43. The van der Waals surface area contributed by atoms with Crippen LogP contribution in [0.25, 0.3) is 0 Å². The average Bonchev–Trinajstić information content (AvgIpc) is 3.03. The summed E-state index contributed by atoms with van der Waals surface area (Å²) in [7, 11) is 6.31. The van der Waals surface area contributed by atoms with Crippen molar-refractivity contribution in [3.05, 3.63) is 21.4 Å². The fourth-order valence-electron chi connectivity index (χ4n) is 3.66. The summed E-state index contributed by atoms with van der Waals surface area (Å²) in [4.78, 5) is 19.3. The van der Waals surface area contributed by atoms with Gasteiger partial charge in [-0.1, -0.05) is 0 Å². The van der Waals surface area contributed by atoms with Crippen LogP contribution in [-0.2, 0) is 16.8 Å². The van der Waals surface area contributed by atoms with Gasteiger partial charge in [-0.25, -0.2) is 0 Å². The van der Waals surface area contributed by atoms with Crippen LogP contribution in [0.3, 0.4) is 0 Å². The third-order valence-corrected chi connectivity index (χ3v) is 6.95. The predicted octanol–water partition coefficient (Wildman–Crippen LogP) is 2.31.